The van der Waals surface area contributed by atoms with E-state index in [1.165, 1.54) is 0 Å². The molecule has 3 rings (SSSR count). The fourth-order valence-electron chi connectivity index (χ4n) is 3.29. The third kappa shape index (κ3) is 5.05. The van der Waals surface area contributed by atoms with Gasteiger partial charge in [0.1, 0.15) is 11.5 Å². The normalized spacial score (nSPS) is 11.0. The molecule has 1 heterocycles. The molecular weight excluding hydrogens is 362 g/mol. The second kappa shape index (κ2) is 8.95. The molecule has 0 bridgehead atoms. The molecule has 0 saturated heterocycles. The zero-order valence-corrected chi connectivity index (χ0v) is 17.8. The molecule has 0 N–H and O–H groups in total. The number of carbonyl (C=O) groups excluding carboxylic acids is 1. The molecule has 1 amide bonds. The highest BCUT2D eigenvalue weighted by Gasteiger charge is 2.18. The van der Waals surface area contributed by atoms with Gasteiger partial charge in [-0.15, -0.1) is 0 Å². The molecule has 0 fully saturated rings. The van der Waals surface area contributed by atoms with Gasteiger partial charge in [-0.05, 0) is 56.2 Å². The van der Waals surface area contributed by atoms with Crippen molar-refractivity contribution >= 4 is 11.6 Å². The maximum atomic E-state index is 12.9. The van der Waals surface area contributed by atoms with E-state index in [1.54, 1.807) is 11.9 Å². The topological polar surface area (TPSA) is 47.4 Å². The van der Waals surface area contributed by atoms with Crippen molar-refractivity contribution in [2.75, 3.05) is 11.9 Å². The molecule has 152 valence electrons. The maximum Gasteiger partial charge on any atom is 0.231 e. The van der Waals surface area contributed by atoms with E-state index in [0.29, 0.717) is 12.3 Å². The average Bonchev–Trinajstić information content (AvgIpc) is 2.95. The molecule has 3 aromatic rings. The number of nitrogens with zero attached hydrogens (tertiary/aromatic N) is 3. The number of anilines is 1. The van der Waals surface area contributed by atoms with Crippen molar-refractivity contribution in [3.05, 3.63) is 71.5 Å². The number of ether oxygens (including phenoxy) is 1. The highest BCUT2D eigenvalue weighted by Crippen LogP contribution is 2.25. The van der Waals surface area contributed by atoms with Crippen LogP contribution in [-0.2, 0) is 17.8 Å². The van der Waals surface area contributed by atoms with Gasteiger partial charge >= 0.3 is 0 Å². The van der Waals surface area contributed by atoms with Crippen LogP contribution in [0.3, 0.4) is 0 Å². The fraction of sp³-hybridized carbons (Fsp3) is 0.333. The molecule has 5 nitrogen and oxygen atoms in total. The second-order valence-corrected chi connectivity index (χ2v) is 7.76. The van der Waals surface area contributed by atoms with Gasteiger partial charge in [0.15, 0.2) is 0 Å². The van der Waals surface area contributed by atoms with Crippen LogP contribution in [-0.4, -0.2) is 22.7 Å². The van der Waals surface area contributed by atoms with Crippen molar-refractivity contribution in [1.29, 1.82) is 0 Å². The van der Waals surface area contributed by atoms with Crippen LogP contribution in [0, 0.1) is 19.8 Å². The Morgan fingerprint density at radius 3 is 2.28 bits per heavy atom. The molecule has 0 aliphatic heterocycles. The van der Waals surface area contributed by atoms with E-state index in [-0.39, 0.29) is 5.91 Å². The minimum atomic E-state index is 0.0389. The molecule has 0 aliphatic rings. The van der Waals surface area contributed by atoms with E-state index in [2.05, 4.69) is 18.9 Å². The van der Waals surface area contributed by atoms with E-state index in [9.17, 15) is 4.79 Å². The number of rotatable bonds is 7. The van der Waals surface area contributed by atoms with Crippen molar-refractivity contribution in [3.8, 4) is 11.5 Å². The van der Waals surface area contributed by atoms with Crippen LogP contribution in [0.5, 0.6) is 11.5 Å². The summed E-state index contributed by atoms with van der Waals surface area (Å²) < 4.78 is 7.83. The number of carbonyl (C=O) groups is 1. The Kier molecular flexibility index (Phi) is 6.37. The van der Waals surface area contributed by atoms with Crippen molar-refractivity contribution in [2.45, 2.75) is 40.7 Å². The molecule has 0 saturated carbocycles. The maximum absolute atomic E-state index is 12.9. The summed E-state index contributed by atoms with van der Waals surface area (Å²) in [5, 5.41) is 4.62. The summed E-state index contributed by atoms with van der Waals surface area (Å²) >= 11 is 0. The highest BCUT2D eigenvalue weighted by atomic mass is 16.5. The lowest BCUT2D eigenvalue weighted by Crippen LogP contribution is -2.28. The lowest BCUT2D eigenvalue weighted by atomic mass is 10.1. The number of likely N-dealkylation sites (N-methyl/N-ethyl adjacent to an activating group) is 1. The van der Waals surface area contributed by atoms with E-state index < -0.39 is 0 Å². The minimum absolute atomic E-state index is 0.0389. The molecule has 0 atom stereocenters. The zero-order valence-electron chi connectivity index (χ0n) is 17.8. The third-order valence-electron chi connectivity index (χ3n) is 4.97. The van der Waals surface area contributed by atoms with Crippen molar-refractivity contribution in [2.24, 2.45) is 5.92 Å². The summed E-state index contributed by atoms with van der Waals surface area (Å²) in [5.41, 5.74) is 3.85. The van der Waals surface area contributed by atoms with Crippen molar-refractivity contribution < 1.29 is 9.53 Å². The Labute approximate surface area is 172 Å². The molecule has 0 unspecified atom stereocenters. The molecular formula is C24H29N3O2. The first-order valence-electron chi connectivity index (χ1n) is 9.97. The molecule has 0 radical (unpaired) electrons. The first-order chi connectivity index (χ1) is 13.8. The first kappa shape index (κ1) is 20.6. The highest BCUT2D eigenvalue weighted by molar-refractivity contribution is 5.94. The number of benzene rings is 2. The number of aryl methyl sites for hydroxylation is 1. The van der Waals surface area contributed by atoms with Gasteiger partial charge in [0.25, 0.3) is 0 Å². The van der Waals surface area contributed by atoms with Gasteiger partial charge in [0.05, 0.1) is 12.1 Å². The van der Waals surface area contributed by atoms with Gasteiger partial charge in [0, 0.05) is 30.5 Å². The van der Waals surface area contributed by atoms with Gasteiger partial charge in [0.2, 0.25) is 5.91 Å². The van der Waals surface area contributed by atoms with E-state index in [1.807, 2.05) is 73.1 Å². The largest absolute Gasteiger partial charge is 0.457 e. The number of hydrogen-bond donors (Lipinski definition) is 0. The predicted molar refractivity (Wildman–Crippen MR) is 117 cm³/mol. The predicted octanol–water partition coefficient (Wildman–Crippen LogP) is 5.15. The lowest BCUT2D eigenvalue weighted by Gasteiger charge is -2.18. The summed E-state index contributed by atoms with van der Waals surface area (Å²) in [6.07, 6.45) is 0.342. The summed E-state index contributed by atoms with van der Waals surface area (Å²) in [7, 11) is 1.80. The molecule has 1 aromatic heterocycles. The second-order valence-electron chi connectivity index (χ2n) is 7.76. The number of amides is 1. The first-order valence-corrected chi connectivity index (χ1v) is 9.97. The lowest BCUT2D eigenvalue weighted by molar-refractivity contribution is -0.117. The molecule has 0 spiro atoms. The SMILES string of the molecule is Cc1nn(CC(C)C)c(C)c1CC(=O)N(C)c1ccc(Oc2ccccc2)cc1. The van der Waals surface area contributed by atoms with Crippen LogP contribution in [0.2, 0.25) is 0 Å². The molecule has 5 heteroatoms. The van der Waals surface area contributed by atoms with Crippen LogP contribution < -0.4 is 9.64 Å². The summed E-state index contributed by atoms with van der Waals surface area (Å²) in [6.45, 7) is 9.21. The Morgan fingerprint density at radius 1 is 1.03 bits per heavy atom. The third-order valence-corrected chi connectivity index (χ3v) is 4.97. The number of para-hydroxylation sites is 1. The van der Waals surface area contributed by atoms with Crippen LogP contribution in [0.15, 0.2) is 54.6 Å². The molecule has 29 heavy (non-hydrogen) atoms. The van der Waals surface area contributed by atoms with Crippen LogP contribution >= 0.6 is 0 Å². The Balaban J connectivity index is 1.68. The van der Waals surface area contributed by atoms with E-state index >= 15 is 0 Å². The number of aromatic nitrogens is 2. The summed E-state index contributed by atoms with van der Waals surface area (Å²) in [6, 6.07) is 17.2. The van der Waals surface area contributed by atoms with Crippen molar-refractivity contribution in [1.82, 2.24) is 9.78 Å². The molecule has 0 aliphatic carbocycles. The van der Waals surface area contributed by atoms with Crippen LogP contribution in [0.1, 0.15) is 30.8 Å². The Morgan fingerprint density at radius 2 is 1.66 bits per heavy atom. The van der Waals surface area contributed by atoms with Crippen molar-refractivity contribution in [3.63, 3.8) is 0 Å². The molecule has 2 aromatic carbocycles. The van der Waals surface area contributed by atoms with E-state index in [4.69, 9.17) is 4.74 Å². The minimum Gasteiger partial charge on any atom is -0.457 e. The Hall–Kier alpha value is -3.08. The monoisotopic (exact) mass is 391 g/mol. The van der Waals surface area contributed by atoms with Gasteiger partial charge in [-0.2, -0.15) is 5.10 Å². The van der Waals surface area contributed by atoms with Gasteiger partial charge in [-0.25, -0.2) is 0 Å². The average molecular weight is 392 g/mol. The summed E-state index contributed by atoms with van der Waals surface area (Å²) in [4.78, 5) is 14.6. The van der Waals surface area contributed by atoms with E-state index in [0.717, 1.165) is 40.7 Å². The standard InChI is InChI=1S/C24H29N3O2/c1-17(2)16-27-19(4)23(18(3)25-27)15-24(28)26(5)20-11-13-22(14-12-20)29-21-9-7-6-8-10-21/h6-14,17H,15-16H2,1-5H3. The van der Waals surface area contributed by atoms with Gasteiger partial charge in [-0.3, -0.25) is 9.48 Å². The van der Waals surface area contributed by atoms with Gasteiger partial charge in [-0.1, -0.05) is 32.0 Å². The number of hydrogen-bond acceptors (Lipinski definition) is 3. The van der Waals surface area contributed by atoms with Gasteiger partial charge < -0.3 is 9.64 Å². The van der Waals surface area contributed by atoms with Crippen LogP contribution in [0.25, 0.3) is 0 Å². The quantitative estimate of drug-likeness (QED) is 0.559. The fourth-order valence-corrected chi connectivity index (χ4v) is 3.29. The zero-order chi connectivity index (χ0) is 21.0. The smallest absolute Gasteiger partial charge is 0.231 e. The Bertz CT molecular complexity index is 960. The van der Waals surface area contributed by atoms with Crippen LogP contribution in [0.4, 0.5) is 5.69 Å². The summed E-state index contributed by atoms with van der Waals surface area (Å²) in [5.74, 6) is 2.07.